The van der Waals surface area contributed by atoms with Gasteiger partial charge >= 0.3 is 0 Å². The minimum atomic E-state index is 0.844. The Bertz CT molecular complexity index is 4370. The Kier molecular flexibility index (Phi) is 8.83. The lowest BCUT2D eigenvalue weighted by Crippen LogP contribution is -1.91. The molecule has 14 aromatic rings. The smallest absolute Gasteiger partial charge is 0.143 e. The molecule has 14 rings (SSSR count). The van der Waals surface area contributed by atoms with Crippen molar-refractivity contribution in [1.82, 2.24) is 19.9 Å². The number of rotatable bonds is 6. The van der Waals surface area contributed by atoms with Crippen LogP contribution in [-0.4, -0.2) is 19.9 Å². The lowest BCUT2D eigenvalue weighted by atomic mass is 9.92. The number of furan rings is 1. The highest BCUT2D eigenvalue weighted by Crippen LogP contribution is 2.44. The third-order valence-electron chi connectivity index (χ3n) is 13.6. The van der Waals surface area contributed by atoms with E-state index in [0.29, 0.717) is 0 Å². The van der Waals surface area contributed by atoms with Gasteiger partial charge in [0.1, 0.15) is 11.2 Å². The first-order valence-electron chi connectivity index (χ1n) is 23.3. The largest absolute Gasteiger partial charge is 0.455 e. The molecule has 69 heavy (non-hydrogen) atoms. The zero-order valence-electron chi connectivity index (χ0n) is 37.1. The second kappa shape index (κ2) is 15.7. The first-order chi connectivity index (χ1) is 34.2. The van der Waals surface area contributed by atoms with Gasteiger partial charge in [-0.05, 0) is 76.2 Å². The molecule has 0 saturated heterocycles. The van der Waals surface area contributed by atoms with Gasteiger partial charge in [-0.1, -0.05) is 182 Å². The molecule has 320 valence electrons. The van der Waals surface area contributed by atoms with Gasteiger partial charge in [-0.15, -0.1) is 0 Å². The Labute approximate surface area is 396 Å². The van der Waals surface area contributed by atoms with Crippen LogP contribution in [0.1, 0.15) is 0 Å². The van der Waals surface area contributed by atoms with Crippen LogP contribution < -0.4 is 0 Å². The fourth-order valence-electron chi connectivity index (χ4n) is 10.2. The number of pyridine rings is 4. The summed E-state index contributed by atoms with van der Waals surface area (Å²) in [5.74, 6) is 0. The van der Waals surface area contributed by atoms with Gasteiger partial charge in [0.15, 0.2) is 0 Å². The topological polar surface area (TPSA) is 64.7 Å². The molecule has 5 nitrogen and oxygen atoms in total. The Hall–Kier alpha value is -9.32. The van der Waals surface area contributed by atoms with E-state index in [2.05, 4.69) is 194 Å². The summed E-state index contributed by atoms with van der Waals surface area (Å²) in [6.07, 6.45) is 0. The number of aromatic nitrogens is 4. The summed E-state index contributed by atoms with van der Waals surface area (Å²) < 4.78 is 6.83. The third-order valence-corrected chi connectivity index (χ3v) is 13.6. The Balaban J connectivity index is 0.885. The average Bonchev–Trinajstić information content (AvgIpc) is 3.82. The molecular weight excluding hydrogens is 841 g/mol. The van der Waals surface area contributed by atoms with Crippen molar-refractivity contribution in [2.24, 2.45) is 0 Å². The molecule has 0 N–H and O–H groups in total. The van der Waals surface area contributed by atoms with Crippen LogP contribution in [0.5, 0.6) is 0 Å². The Morgan fingerprint density at radius 3 is 1.16 bits per heavy atom. The molecule has 0 aliphatic heterocycles. The van der Waals surface area contributed by atoms with Gasteiger partial charge in [0.25, 0.3) is 0 Å². The summed E-state index contributed by atoms with van der Waals surface area (Å²) >= 11 is 0. The van der Waals surface area contributed by atoms with Crippen LogP contribution in [0.2, 0.25) is 0 Å². The average molecular weight is 879 g/mol. The molecule has 0 radical (unpaired) electrons. The summed E-state index contributed by atoms with van der Waals surface area (Å²) in [6.45, 7) is 0. The molecule has 9 aromatic carbocycles. The molecule has 0 aliphatic carbocycles. The SMILES string of the molecule is c1ccc(-c2ccc3ccc4ccc(-c5cccc(-c6cc7c(oc8cccc(-c9cccc(-c%10ccc%11ccc%12ccc(-c%13ccccc%13)nc%12c%11n%10)c9)c87)c7ccccc67)c5)nc4c3n2)cc1. The molecular formula is C64H38N4O. The van der Waals surface area contributed by atoms with Crippen LogP contribution in [-0.2, 0) is 0 Å². The standard InChI is InChI=1S/C64H38N4O/c1-3-12-39(13-4-1)54-32-28-41-24-26-43-30-34-56(67-62(43)60(41)65-54)47-18-9-16-45(36-47)49-22-11-23-58-59(49)53-38-52(50-20-7-8-21-51(50)64(53)69-58)46-17-10-19-48(37-46)57-35-31-44-27-25-42-29-33-55(40-14-5-2-6-15-40)66-61(42)63(44)68-57/h1-38H. The van der Waals surface area contributed by atoms with Gasteiger partial charge in [0, 0.05) is 60.0 Å². The van der Waals surface area contributed by atoms with Crippen LogP contribution in [0.4, 0.5) is 0 Å². The molecule has 5 heteroatoms. The molecule has 0 spiro atoms. The summed E-state index contributed by atoms with van der Waals surface area (Å²) in [5.41, 5.74) is 17.6. The zero-order chi connectivity index (χ0) is 45.4. The number of hydrogen-bond donors (Lipinski definition) is 0. The molecule has 0 aliphatic rings. The van der Waals surface area contributed by atoms with E-state index < -0.39 is 0 Å². The molecule has 0 amide bonds. The van der Waals surface area contributed by atoms with Crippen LogP contribution in [0.15, 0.2) is 235 Å². The van der Waals surface area contributed by atoms with E-state index in [4.69, 9.17) is 24.4 Å². The maximum Gasteiger partial charge on any atom is 0.143 e. The predicted octanol–water partition coefficient (Wildman–Crippen LogP) is 16.9. The van der Waals surface area contributed by atoms with Gasteiger partial charge in [-0.2, -0.15) is 0 Å². The lowest BCUT2D eigenvalue weighted by Gasteiger charge is -2.12. The quantitative estimate of drug-likeness (QED) is 0.156. The van der Waals surface area contributed by atoms with Crippen LogP contribution in [0, 0.1) is 0 Å². The van der Waals surface area contributed by atoms with Crippen molar-refractivity contribution < 1.29 is 4.42 Å². The van der Waals surface area contributed by atoms with E-state index in [1.807, 2.05) is 36.4 Å². The molecule has 5 heterocycles. The summed E-state index contributed by atoms with van der Waals surface area (Å²) in [5, 5.41) is 8.57. The predicted molar refractivity (Wildman–Crippen MR) is 285 cm³/mol. The molecule has 0 atom stereocenters. The third kappa shape index (κ3) is 6.55. The van der Waals surface area contributed by atoms with Crippen LogP contribution in [0.3, 0.4) is 0 Å². The molecule has 0 saturated carbocycles. The van der Waals surface area contributed by atoms with Crippen LogP contribution in [0.25, 0.3) is 144 Å². The van der Waals surface area contributed by atoms with Gasteiger partial charge in [0.05, 0.1) is 44.8 Å². The van der Waals surface area contributed by atoms with Gasteiger partial charge < -0.3 is 4.42 Å². The van der Waals surface area contributed by atoms with Gasteiger partial charge in [0.2, 0.25) is 0 Å². The highest BCUT2D eigenvalue weighted by Gasteiger charge is 2.19. The van der Waals surface area contributed by atoms with Crippen LogP contribution >= 0.6 is 0 Å². The first kappa shape index (κ1) is 38.9. The molecule has 0 bridgehead atoms. The first-order valence-corrected chi connectivity index (χ1v) is 23.3. The fraction of sp³-hybridized carbons (Fsp3) is 0. The van der Waals surface area contributed by atoms with Crippen molar-refractivity contribution in [3.8, 4) is 67.3 Å². The van der Waals surface area contributed by atoms with Crippen molar-refractivity contribution in [3.63, 3.8) is 0 Å². The highest BCUT2D eigenvalue weighted by molar-refractivity contribution is 6.22. The summed E-state index contributed by atoms with van der Waals surface area (Å²) in [7, 11) is 0. The van der Waals surface area contributed by atoms with Crippen molar-refractivity contribution >= 4 is 76.3 Å². The van der Waals surface area contributed by atoms with Gasteiger partial charge in [-0.25, -0.2) is 19.9 Å². The number of fused-ring (bicyclic) bond motifs is 11. The maximum atomic E-state index is 6.83. The van der Waals surface area contributed by atoms with E-state index >= 15 is 0 Å². The second-order valence-electron chi connectivity index (χ2n) is 17.7. The summed E-state index contributed by atoms with van der Waals surface area (Å²) in [6, 6.07) is 80.9. The minimum absolute atomic E-state index is 0.844. The molecule has 0 fully saturated rings. The maximum absolute atomic E-state index is 6.83. The van der Waals surface area contributed by atoms with E-state index in [9.17, 15) is 0 Å². The van der Waals surface area contributed by atoms with Crippen molar-refractivity contribution in [3.05, 3.63) is 231 Å². The van der Waals surface area contributed by atoms with E-state index in [0.717, 1.165) is 144 Å². The number of hydrogen-bond acceptors (Lipinski definition) is 5. The number of nitrogens with zero attached hydrogens (tertiary/aromatic N) is 4. The summed E-state index contributed by atoms with van der Waals surface area (Å²) in [4.78, 5) is 20.9. The second-order valence-corrected chi connectivity index (χ2v) is 17.7. The monoisotopic (exact) mass is 878 g/mol. The van der Waals surface area contributed by atoms with Crippen molar-refractivity contribution in [2.75, 3.05) is 0 Å². The van der Waals surface area contributed by atoms with E-state index in [1.54, 1.807) is 0 Å². The molecule has 5 aromatic heterocycles. The Morgan fingerprint density at radius 1 is 0.261 bits per heavy atom. The zero-order valence-corrected chi connectivity index (χ0v) is 37.1. The fourth-order valence-corrected chi connectivity index (χ4v) is 10.2. The lowest BCUT2D eigenvalue weighted by molar-refractivity contribution is 0.673. The highest BCUT2D eigenvalue weighted by atomic mass is 16.3. The van der Waals surface area contributed by atoms with Crippen molar-refractivity contribution in [1.29, 1.82) is 0 Å². The number of benzene rings is 9. The van der Waals surface area contributed by atoms with E-state index in [-0.39, 0.29) is 0 Å². The Morgan fingerprint density at radius 2 is 0.652 bits per heavy atom. The minimum Gasteiger partial charge on any atom is -0.455 e. The molecule has 0 unspecified atom stereocenters. The van der Waals surface area contributed by atoms with Crippen molar-refractivity contribution in [2.45, 2.75) is 0 Å². The normalized spacial score (nSPS) is 11.8. The van der Waals surface area contributed by atoms with Gasteiger partial charge in [-0.3, -0.25) is 0 Å². The van der Waals surface area contributed by atoms with E-state index in [1.165, 1.54) is 0 Å².